The van der Waals surface area contributed by atoms with Crippen LogP contribution in [0.2, 0.25) is 0 Å². The van der Waals surface area contributed by atoms with E-state index in [0.29, 0.717) is 41.4 Å². The Morgan fingerprint density at radius 1 is 0.956 bits per heavy atom. The number of esters is 2. The van der Waals surface area contributed by atoms with Crippen LogP contribution in [0.1, 0.15) is 67.4 Å². The van der Waals surface area contributed by atoms with Gasteiger partial charge in [-0.05, 0) is 78.1 Å². The highest BCUT2D eigenvalue weighted by Crippen LogP contribution is 2.31. The number of benzene rings is 3. The van der Waals surface area contributed by atoms with Gasteiger partial charge in [-0.3, -0.25) is 9.80 Å². The number of carbonyl (C=O) groups is 2. The molecule has 9 heteroatoms. The van der Waals surface area contributed by atoms with Crippen molar-refractivity contribution in [1.29, 1.82) is 0 Å². The maximum atomic E-state index is 15.4. The van der Waals surface area contributed by atoms with Gasteiger partial charge in [-0.15, -0.1) is 0 Å². The molecule has 0 bridgehead atoms. The summed E-state index contributed by atoms with van der Waals surface area (Å²) in [5, 5.41) is 0. The van der Waals surface area contributed by atoms with Gasteiger partial charge in [-0.25, -0.2) is 14.0 Å². The first-order valence-electron chi connectivity index (χ1n) is 15.8. The number of rotatable bonds is 14. The molecule has 1 aliphatic carbocycles. The van der Waals surface area contributed by atoms with Crippen molar-refractivity contribution in [3.8, 4) is 11.1 Å². The van der Waals surface area contributed by atoms with Crippen molar-refractivity contribution in [2.45, 2.75) is 64.2 Å². The highest BCUT2D eigenvalue weighted by Gasteiger charge is 2.37. The zero-order chi connectivity index (χ0) is 32.4. The molecule has 0 radical (unpaired) electrons. The van der Waals surface area contributed by atoms with Crippen LogP contribution in [-0.2, 0) is 26.5 Å². The third kappa shape index (κ3) is 9.37. The molecule has 1 atom stereocenters. The molecular formula is C36H45BrFN3O4. The topological polar surface area (TPSA) is 85.1 Å². The molecule has 2 N–H and O–H groups in total. The molecule has 0 saturated heterocycles. The molecule has 1 saturated carbocycles. The predicted molar refractivity (Wildman–Crippen MR) is 181 cm³/mol. The Kier molecular flexibility index (Phi) is 12.6. The summed E-state index contributed by atoms with van der Waals surface area (Å²) >= 11 is 3.52. The molecule has 0 heterocycles. The molecule has 1 aliphatic rings. The second kappa shape index (κ2) is 16.3. The fraction of sp³-hybridized carbons (Fsp3) is 0.444. The van der Waals surface area contributed by atoms with Gasteiger partial charge in [0, 0.05) is 35.7 Å². The Morgan fingerprint density at radius 3 is 2.22 bits per heavy atom. The number of ether oxygens (including phenoxy) is 2. The number of anilines is 1. The van der Waals surface area contributed by atoms with Gasteiger partial charge >= 0.3 is 11.9 Å². The third-order valence-electron chi connectivity index (χ3n) is 8.65. The minimum absolute atomic E-state index is 0.00802. The quantitative estimate of drug-likeness (QED) is 0.140. The molecule has 7 nitrogen and oxygen atoms in total. The van der Waals surface area contributed by atoms with Gasteiger partial charge in [0.15, 0.2) is 0 Å². The molecule has 1 fully saturated rings. The summed E-state index contributed by atoms with van der Waals surface area (Å²) in [4.78, 5) is 29.8. The van der Waals surface area contributed by atoms with Crippen LogP contribution in [0.3, 0.4) is 0 Å². The predicted octanol–water partition coefficient (Wildman–Crippen LogP) is 7.37. The summed E-state index contributed by atoms with van der Waals surface area (Å²) in [5.74, 6) is -1.37. The van der Waals surface area contributed by atoms with E-state index in [1.807, 2.05) is 48.3 Å². The minimum Gasteiger partial charge on any atom is -0.462 e. The second-order valence-electron chi connectivity index (χ2n) is 11.9. The first-order valence-corrected chi connectivity index (χ1v) is 16.6. The van der Waals surface area contributed by atoms with Gasteiger partial charge in [-0.2, -0.15) is 0 Å². The lowest BCUT2D eigenvalue weighted by molar-refractivity contribution is -0.157. The molecule has 0 aromatic heterocycles. The van der Waals surface area contributed by atoms with Crippen LogP contribution in [0, 0.1) is 0 Å². The summed E-state index contributed by atoms with van der Waals surface area (Å²) in [7, 11) is 1.82. The zero-order valence-electron chi connectivity index (χ0n) is 26.6. The van der Waals surface area contributed by atoms with Crippen LogP contribution in [0.4, 0.5) is 10.1 Å². The van der Waals surface area contributed by atoms with Crippen molar-refractivity contribution in [3.63, 3.8) is 0 Å². The lowest BCUT2D eigenvalue weighted by atomic mass is 9.93. The normalized spacial score (nSPS) is 15.2. The molecule has 0 amide bonds. The number of nitrogen functional groups attached to an aromatic ring is 1. The first-order chi connectivity index (χ1) is 21.6. The Hall–Kier alpha value is -3.27. The van der Waals surface area contributed by atoms with E-state index in [-0.39, 0.29) is 18.8 Å². The molecule has 4 rings (SSSR count). The van der Waals surface area contributed by atoms with Crippen molar-refractivity contribution in [2.24, 2.45) is 0 Å². The maximum Gasteiger partial charge on any atom is 0.348 e. The number of hydrogen-bond donors (Lipinski definition) is 1. The van der Waals surface area contributed by atoms with E-state index >= 15 is 4.39 Å². The highest BCUT2D eigenvalue weighted by molar-refractivity contribution is 9.10. The zero-order valence-corrected chi connectivity index (χ0v) is 28.2. The van der Waals surface area contributed by atoms with Crippen LogP contribution in [-0.4, -0.2) is 67.7 Å². The van der Waals surface area contributed by atoms with Crippen LogP contribution < -0.4 is 5.73 Å². The molecule has 3 aromatic carbocycles. The Balaban J connectivity index is 1.22. The van der Waals surface area contributed by atoms with Crippen molar-refractivity contribution in [2.75, 3.05) is 45.6 Å². The third-order valence-corrected chi connectivity index (χ3v) is 9.31. The number of halogens is 2. The molecular weight excluding hydrogens is 637 g/mol. The number of nitrogens with two attached hydrogens (primary N) is 1. The van der Waals surface area contributed by atoms with Crippen LogP contribution in [0.5, 0.6) is 0 Å². The van der Waals surface area contributed by atoms with E-state index in [4.69, 9.17) is 15.2 Å². The number of hydrogen-bond acceptors (Lipinski definition) is 7. The standard InChI is InChI=1S/C36H45BrFN3O4/c1-4-41(31-13-9-6-10-14-31)25-29-23-28(24-32(37)33(29)39)34(42)44-21-19-40(3)20-22-45-35(43)36(2,38)30-17-15-27(16-18-30)26-11-7-5-8-12-26/h5,7-8,11-12,15-18,23-24,31H,4,6,9-10,13-14,19-22,25,39H2,1-3H3. The average Bonchev–Trinajstić information content (AvgIpc) is 3.06. The summed E-state index contributed by atoms with van der Waals surface area (Å²) < 4.78 is 26.9. The van der Waals surface area contributed by atoms with Gasteiger partial charge in [0.2, 0.25) is 5.67 Å². The summed E-state index contributed by atoms with van der Waals surface area (Å²) in [6, 6.07) is 20.7. The first kappa shape index (κ1) is 34.6. The fourth-order valence-corrected chi connectivity index (χ4v) is 6.23. The van der Waals surface area contributed by atoms with Gasteiger partial charge in [-0.1, -0.05) is 80.8 Å². The minimum atomic E-state index is -2.28. The SMILES string of the molecule is CCN(Cc1cc(C(=O)OCCN(C)CCOC(=O)C(C)(F)c2ccc(-c3ccccc3)cc2)cc(Br)c1N)C1CCCCC1. The Bertz CT molecular complexity index is 1410. The van der Waals surface area contributed by atoms with Crippen molar-refractivity contribution < 1.29 is 23.5 Å². The average molecular weight is 683 g/mol. The van der Waals surface area contributed by atoms with Crippen LogP contribution in [0.25, 0.3) is 11.1 Å². The van der Waals surface area contributed by atoms with E-state index in [2.05, 4.69) is 27.8 Å². The second-order valence-corrected chi connectivity index (χ2v) is 12.8. The van der Waals surface area contributed by atoms with E-state index in [1.54, 1.807) is 30.3 Å². The largest absolute Gasteiger partial charge is 0.462 e. The molecule has 3 aromatic rings. The van der Waals surface area contributed by atoms with Crippen LogP contribution >= 0.6 is 15.9 Å². The lowest BCUT2D eigenvalue weighted by Crippen LogP contribution is -2.36. The van der Waals surface area contributed by atoms with E-state index < -0.39 is 17.6 Å². The molecule has 1 unspecified atom stereocenters. The fourth-order valence-electron chi connectivity index (χ4n) is 5.73. The Labute approximate surface area is 275 Å². The number of likely N-dealkylation sites (N-methyl/N-ethyl adjacent to an activating group) is 1. The Morgan fingerprint density at radius 2 is 1.58 bits per heavy atom. The molecule has 242 valence electrons. The van der Waals surface area contributed by atoms with Crippen molar-refractivity contribution >= 4 is 33.6 Å². The maximum absolute atomic E-state index is 15.4. The van der Waals surface area contributed by atoms with Crippen molar-refractivity contribution in [3.05, 3.63) is 87.9 Å². The highest BCUT2D eigenvalue weighted by atomic mass is 79.9. The van der Waals surface area contributed by atoms with Crippen LogP contribution in [0.15, 0.2) is 71.2 Å². The monoisotopic (exact) mass is 681 g/mol. The van der Waals surface area contributed by atoms with Gasteiger partial charge < -0.3 is 15.2 Å². The van der Waals surface area contributed by atoms with Gasteiger partial charge in [0.05, 0.1) is 11.3 Å². The van der Waals surface area contributed by atoms with Crippen molar-refractivity contribution in [1.82, 2.24) is 9.80 Å². The van der Waals surface area contributed by atoms with E-state index in [1.165, 1.54) is 39.0 Å². The van der Waals surface area contributed by atoms with Gasteiger partial charge in [0.1, 0.15) is 13.2 Å². The molecule has 0 spiro atoms. The van der Waals surface area contributed by atoms with E-state index in [9.17, 15) is 9.59 Å². The van der Waals surface area contributed by atoms with E-state index in [0.717, 1.165) is 23.2 Å². The summed E-state index contributed by atoms with van der Waals surface area (Å²) in [5.41, 5.74) is 8.30. The number of alkyl halides is 1. The summed E-state index contributed by atoms with van der Waals surface area (Å²) in [6.45, 7) is 5.93. The lowest BCUT2D eigenvalue weighted by Gasteiger charge is -2.34. The molecule has 45 heavy (non-hydrogen) atoms. The smallest absolute Gasteiger partial charge is 0.348 e. The summed E-state index contributed by atoms with van der Waals surface area (Å²) in [6.07, 6.45) is 6.19. The number of nitrogens with zero attached hydrogens (tertiary/aromatic N) is 2. The van der Waals surface area contributed by atoms with Gasteiger partial charge in [0.25, 0.3) is 0 Å². The number of carbonyl (C=O) groups excluding carboxylic acids is 2. The molecule has 0 aliphatic heterocycles.